The van der Waals surface area contributed by atoms with Gasteiger partial charge in [-0.15, -0.1) is 4.91 Å². The molecule has 0 saturated heterocycles. The molecule has 1 aromatic carbocycles. The van der Waals surface area contributed by atoms with E-state index in [-0.39, 0.29) is 0 Å². The predicted octanol–water partition coefficient (Wildman–Crippen LogP) is 2.44. The van der Waals surface area contributed by atoms with Gasteiger partial charge in [-0.3, -0.25) is 0 Å². The molecule has 0 radical (unpaired) electrons. The van der Waals surface area contributed by atoms with Gasteiger partial charge in [0.05, 0.1) is 12.4 Å². The quantitative estimate of drug-likeness (QED) is 0.583. The molecule has 0 heterocycles. The molecule has 0 saturated carbocycles. The number of hydrogen-bond acceptors (Lipinski definition) is 3. The number of halogens is 1. The van der Waals surface area contributed by atoms with Gasteiger partial charge in [0.25, 0.3) is 0 Å². The Morgan fingerprint density at radius 3 is 2.92 bits per heavy atom. The van der Waals surface area contributed by atoms with Crippen LogP contribution in [0.1, 0.15) is 0 Å². The first-order chi connectivity index (χ1) is 5.77. The van der Waals surface area contributed by atoms with Crippen molar-refractivity contribution in [2.45, 2.75) is 0 Å². The van der Waals surface area contributed by atoms with Crippen molar-refractivity contribution in [2.75, 3.05) is 12.5 Å². The summed E-state index contributed by atoms with van der Waals surface area (Å²) in [5, 5.41) is 3.03. The molecule has 0 aliphatic heterocycles. The number of rotatable bonds is 3. The van der Waals surface area contributed by atoms with Crippen molar-refractivity contribution in [3.05, 3.63) is 28.1 Å². The third-order valence-electron chi connectivity index (χ3n) is 1.33. The molecule has 0 aliphatic carbocycles. The second kappa shape index (κ2) is 3.92. The van der Waals surface area contributed by atoms with Crippen molar-refractivity contribution in [2.24, 2.45) is 5.29 Å². The maximum absolute atomic E-state index is 9.89. The Morgan fingerprint density at radius 1 is 1.58 bits per heavy atom. The second-order valence-electron chi connectivity index (χ2n) is 2.05. The van der Waals surface area contributed by atoms with Crippen LogP contribution in [-0.4, -0.2) is 7.11 Å². The molecule has 1 N–H and O–H groups in total. The zero-order valence-electron chi connectivity index (χ0n) is 6.37. The SMILES string of the molecule is COc1ccc(Cl)cc1NN=O. The number of benzene rings is 1. The lowest BCUT2D eigenvalue weighted by atomic mass is 10.3. The normalized spacial score (nSPS) is 9.17. The summed E-state index contributed by atoms with van der Waals surface area (Å²) in [7, 11) is 1.50. The van der Waals surface area contributed by atoms with Crippen LogP contribution < -0.4 is 10.2 Å². The summed E-state index contributed by atoms with van der Waals surface area (Å²) < 4.78 is 4.93. The Balaban J connectivity index is 3.03. The summed E-state index contributed by atoms with van der Waals surface area (Å²) in [6.07, 6.45) is 0. The molecule has 0 amide bonds. The molecule has 64 valence electrons. The van der Waals surface area contributed by atoms with E-state index in [1.165, 1.54) is 7.11 Å². The third-order valence-corrected chi connectivity index (χ3v) is 1.56. The molecule has 0 bridgehead atoms. The molecule has 12 heavy (non-hydrogen) atoms. The number of nitrogens with one attached hydrogen (secondary N) is 1. The van der Waals surface area contributed by atoms with Gasteiger partial charge in [-0.05, 0) is 18.2 Å². The predicted molar refractivity (Wildman–Crippen MR) is 47.4 cm³/mol. The van der Waals surface area contributed by atoms with E-state index in [1.54, 1.807) is 18.2 Å². The first-order valence-electron chi connectivity index (χ1n) is 3.20. The minimum atomic E-state index is 0.458. The third kappa shape index (κ3) is 1.85. The average molecular weight is 187 g/mol. The van der Waals surface area contributed by atoms with Crippen LogP contribution in [0.5, 0.6) is 5.75 Å². The van der Waals surface area contributed by atoms with Crippen LogP contribution in [0.4, 0.5) is 5.69 Å². The van der Waals surface area contributed by atoms with E-state index >= 15 is 0 Å². The molecule has 0 atom stereocenters. The Morgan fingerprint density at radius 2 is 2.33 bits per heavy atom. The molecule has 5 heteroatoms. The van der Waals surface area contributed by atoms with Gasteiger partial charge in [-0.1, -0.05) is 11.6 Å². The molecule has 0 aromatic heterocycles. The lowest BCUT2D eigenvalue weighted by molar-refractivity contribution is 0.416. The zero-order chi connectivity index (χ0) is 8.97. The van der Waals surface area contributed by atoms with Gasteiger partial charge in [0, 0.05) is 5.02 Å². The summed E-state index contributed by atoms with van der Waals surface area (Å²) >= 11 is 5.67. The number of nitroso groups, excluding NO2 is 1. The number of nitrogens with zero attached hydrogens (tertiary/aromatic N) is 1. The first kappa shape index (κ1) is 8.80. The molecule has 0 spiro atoms. The largest absolute Gasteiger partial charge is 0.495 e. The van der Waals surface area contributed by atoms with Gasteiger partial charge in [-0.25, -0.2) is 5.43 Å². The monoisotopic (exact) mass is 186 g/mol. The number of hydrogen-bond donors (Lipinski definition) is 1. The fourth-order valence-electron chi connectivity index (χ4n) is 0.817. The first-order valence-corrected chi connectivity index (χ1v) is 3.57. The van der Waals surface area contributed by atoms with Crippen LogP contribution in [-0.2, 0) is 0 Å². The summed E-state index contributed by atoms with van der Waals surface area (Å²) in [6, 6.07) is 4.87. The minimum absolute atomic E-state index is 0.458. The number of ether oxygens (including phenoxy) is 1. The number of methoxy groups -OCH3 is 1. The van der Waals surface area contributed by atoms with E-state index in [0.717, 1.165) is 0 Å². The van der Waals surface area contributed by atoms with Crippen molar-refractivity contribution in [1.82, 2.24) is 0 Å². The molecule has 0 unspecified atom stereocenters. The fourth-order valence-corrected chi connectivity index (χ4v) is 0.989. The van der Waals surface area contributed by atoms with Gasteiger partial charge < -0.3 is 4.74 Å². The Kier molecular flexibility index (Phi) is 2.88. The van der Waals surface area contributed by atoms with Gasteiger partial charge in [0.15, 0.2) is 0 Å². The van der Waals surface area contributed by atoms with Gasteiger partial charge in [-0.2, -0.15) is 0 Å². The van der Waals surface area contributed by atoms with E-state index in [2.05, 4.69) is 10.7 Å². The topological polar surface area (TPSA) is 50.7 Å². The minimum Gasteiger partial charge on any atom is -0.495 e. The zero-order valence-corrected chi connectivity index (χ0v) is 7.13. The standard InChI is InChI=1S/C7H7ClN2O2/c1-12-7-3-2-5(8)4-6(7)9-10-11/h2-4H,1H3,(H,9,11). The van der Waals surface area contributed by atoms with E-state index in [0.29, 0.717) is 16.5 Å². The number of anilines is 1. The maximum Gasteiger partial charge on any atom is 0.144 e. The molecule has 4 nitrogen and oxygen atoms in total. The summed E-state index contributed by atoms with van der Waals surface area (Å²) in [4.78, 5) is 9.89. The lowest BCUT2D eigenvalue weighted by Gasteiger charge is -2.05. The lowest BCUT2D eigenvalue weighted by Crippen LogP contribution is -1.91. The highest BCUT2D eigenvalue weighted by Crippen LogP contribution is 2.27. The molecule has 0 aliphatic rings. The second-order valence-corrected chi connectivity index (χ2v) is 2.48. The summed E-state index contributed by atoms with van der Waals surface area (Å²) in [5.41, 5.74) is 2.69. The molecule has 0 fully saturated rings. The van der Waals surface area contributed by atoms with Crippen LogP contribution in [0.15, 0.2) is 23.5 Å². The molecular weight excluding hydrogens is 180 g/mol. The van der Waals surface area contributed by atoms with Gasteiger partial charge in [0.2, 0.25) is 0 Å². The van der Waals surface area contributed by atoms with E-state index in [4.69, 9.17) is 16.3 Å². The summed E-state index contributed by atoms with van der Waals surface area (Å²) in [5.74, 6) is 0.527. The highest BCUT2D eigenvalue weighted by molar-refractivity contribution is 6.30. The van der Waals surface area contributed by atoms with E-state index in [9.17, 15) is 4.91 Å². The molecule has 1 aromatic rings. The van der Waals surface area contributed by atoms with Gasteiger partial charge >= 0.3 is 0 Å². The Bertz CT molecular complexity index is 291. The summed E-state index contributed by atoms with van der Waals surface area (Å²) in [6.45, 7) is 0. The smallest absolute Gasteiger partial charge is 0.144 e. The van der Waals surface area contributed by atoms with E-state index in [1.807, 2.05) is 0 Å². The van der Waals surface area contributed by atoms with Crippen LogP contribution >= 0.6 is 11.6 Å². The van der Waals surface area contributed by atoms with Crippen molar-refractivity contribution in [3.63, 3.8) is 0 Å². The van der Waals surface area contributed by atoms with E-state index < -0.39 is 0 Å². The van der Waals surface area contributed by atoms with Crippen LogP contribution in [0.2, 0.25) is 5.02 Å². The van der Waals surface area contributed by atoms with Crippen LogP contribution in [0.3, 0.4) is 0 Å². The van der Waals surface area contributed by atoms with Crippen LogP contribution in [0, 0.1) is 4.91 Å². The van der Waals surface area contributed by atoms with Crippen molar-refractivity contribution in [3.8, 4) is 5.75 Å². The van der Waals surface area contributed by atoms with Crippen LogP contribution in [0.25, 0.3) is 0 Å². The van der Waals surface area contributed by atoms with Gasteiger partial charge in [0.1, 0.15) is 11.4 Å². The Labute approximate surface area is 74.4 Å². The highest BCUT2D eigenvalue weighted by Gasteiger charge is 2.01. The highest BCUT2D eigenvalue weighted by atomic mass is 35.5. The van der Waals surface area contributed by atoms with Crippen molar-refractivity contribution in [1.29, 1.82) is 0 Å². The average Bonchev–Trinajstić information content (AvgIpc) is 2.05. The fraction of sp³-hybridized carbons (Fsp3) is 0.143. The maximum atomic E-state index is 9.89. The Hall–Kier alpha value is -1.29. The van der Waals surface area contributed by atoms with Crippen molar-refractivity contribution < 1.29 is 4.74 Å². The van der Waals surface area contributed by atoms with Crippen molar-refractivity contribution >= 4 is 17.3 Å². The molecule has 1 rings (SSSR count). The molecular formula is C7H7ClN2O2.